The normalized spacial score (nSPS) is 17.4. The van der Waals surface area contributed by atoms with Gasteiger partial charge in [0.25, 0.3) is 5.91 Å². The second kappa shape index (κ2) is 7.30. The predicted octanol–water partition coefficient (Wildman–Crippen LogP) is 3.01. The zero-order chi connectivity index (χ0) is 17.7. The lowest BCUT2D eigenvalue weighted by molar-refractivity contribution is -0.386. The molecule has 7 heteroatoms. The summed E-state index contributed by atoms with van der Waals surface area (Å²) in [6, 6.07) is 6.78. The highest BCUT2D eigenvalue weighted by atomic mass is 16.6. The summed E-state index contributed by atoms with van der Waals surface area (Å²) in [5.41, 5.74) is -0.300. The van der Waals surface area contributed by atoms with Crippen molar-refractivity contribution in [2.24, 2.45) is 0 Å². The minimum Gasteiger partial charge on any atom is -0.474 e. The molecule has 1 atom stereocenters. The lowest BCUT2D eigenvalue weighted by Gasteiger charge is -2.32. The molecule has 1 aliphatic carbocycles. The Hall–Kier alpha value is -2.62. The van der Waals surface area contributed by atoms with Crippen LogP contribution in [-0.2, 0) is 4.79 Å². The lowest BCUT2D eigenvalue weighted by atomic mass is 9.83. The van der Waals surface area contributed by atoms with Gasteiger partial charge in [-0.25, -0.2) is 0 Å². The third-order valence-electron chi connectivity index (χ3n) is 4.27. The summed E-state index contributed by atoms with van der Waals surface area (Å²) in [5.74, 6) is -0.392. The third-order valence-corrected chi connectivity index (χ3v) is 4.27. The van der Waals surface area contributed by atoms with E-state index in [4.69, 9.17) is 4.74 Å². The minimum atomic E-state index is -0.932. The van der Waals surface area contributed by atoms with Crippen molar-refractivity contribution in [2.45, 2.75) is 57.6 Å². The average Bonchev–Trinajstić information content (AvgIpc) is 2.57. The number of hydrogen-bond acceptors (Lipinski definition) is 5. The first-order chi connectivity index (χ1) is 11.4. The molecule has 1 amide bonds. The van der Waals surface area contributed by atoms with Gasteiger partial charge in [0, 0.05) is 6.07 Å². The van der Waals surface area contributed by atoms with Crippen molar-refractivity contribution < 1.29 is 14.5 Å². The van der Waals surface area contributed by atoms with E-state index in [1.807, 2.05) is 0 Å². The summed E-state index contributed by atoms with van der Waals surface area (Å²) >= 11 is 0. The number of nitro benzene ring substituents is 1. The van der Waals surface area contributed by atoms with E-state index in [-0.39, 0.29) is 11.4 Å². The number of amides is 1. The van der Waals surface area contributed by atoms with E-state index in [2.05, 4.69) is 11.4 Å². The van der Waals surface area contributed by atoms with Gasteiger partial charge in [0.05, 0.1) is 11.0 Å². The van der Waals surface area contributed by atoms with Crippen molar-refractivity contribution in [3.05, 3.63) is 33.9 Å². The van der Waals surface area contributed by atoms with Gasteiger partial charge in [-0.3, -0.25) is 14.9 Å². The van der Waals surface area contributed by atoms with Gasteiger partial charge in [-0.15, -0.1) is 0 Å². The number of carbonyl (C=O) groups is 1. The molecule has 128 valence electrons. The van der Waals surface area contributed by atoms with Crippen molar-refractivity contribution in [3.8, 4) is 11.8 Å². The molecular weight excluding hydrogens is 310 g/mol. The largest absolute Gasteiger partial charge is 0.474 e. The molecule has 1 N–H and O–H groups in total. The average molecular weight is 331 g/mol. The van der Waals surface area contributed by atoms with E-state index in [1.165, 1.54) is 19.1 Å². The number of nitriles is 1. The van der Waals surface area contributed by atoms with Gasteiger partial charge in [0.15, 0.2) is 11.9 Å². The molecule has 0 aromatic heterocycles. The molecule has 0 spiro atoms. The van der Waals surface area contributed by atoms with Crippen molar-refractivity contribution >= 4 is 11.6 Å². The van der Waals surface area contributed by atoms with Crippen molar-refractivity contribution in [1.82, 2.24) is 5.32 Å². The molecule has 24 heavy (non-hydrogen) atoms. The summed E-state index contributed by atoms with van der Waals surface area (Å²) in [4.78, 5) is 23.0. The number of ether oxygens (including phenoxy) is 1. The number of nitro groups is 1. The second-order valence-electron chi connectivity index (χ2n) is 6.23. The van der Waals surface area contributed by atoms with Gasteiger partial charge in [0.2, 0.25) is 0 Å². The Morgan fingerprint density at radius 1 is 1.42 bits per heavy atom. The summed E-state index contributed by atoms with van der Waals surface area (Å²) in [5, 5.41) is 23.3. The Balaban J connectivity index is 2.09. The van der Waals surface area contributed by atoms with Crippen molar-refractivity contribution in [1.29, 1.82) is 5.26 Å². The third kappa shape index (κ3) is 4.02. The van der Waals surface area contributed by atoms with E-state index in [0.29, 0.717) is 12.8 Å². The van der Waals surface area contributed by atoms with Crippen molar-refractivity contribution in [3.63, 3.8) is 0 Å². The highest BCUT2D eigenvalue weighted by Gasteiger charge is 2.35. The number of hydrogen-bond donors (Lipinski definition) is 1. The molecule has 0 unspecified atom stereocenters. The quantitative estimate of drug-likeness (QED) is 0.659. The van der Waals surface area contributed by atoms with Crippen LogP contribution >= 0.6 is 0 Å². The zero-order valence-corrected chi connectivity index (χ0v) is 13.9. The summed E-state index contributed by atoms with van der Waals surface area (Å²) in [7, 11) is 0. The summed E-state index contributed by atoms with van der Waals surface area (Å²) in [6.45, 7) is 3.26. The van der Waals surface area contributed by atoms with Gasteiger partial charge in [0.1, 0.15) is 5.54 Å². The Morgan fingerprint density at radius 2 is 2.08 bits per heavy atom. The SMILES string of the molecule is Cc1ccc(O[C@@H](C)C(=O)NC2(C#N)CCCCC2)c([N+](=O)[O-])c1. The van der Waals surface area contributed by atoms with E-state index in [9.17, 15) is 20.2 Å². The van der Waals surface area contributed by atoms with Gasteiger partial charge in [-0.1, -0.05) is 25.3 Å². The Morgan fingerprint density at radius 3 is 2.67 bits per heavy atom. The first-order valence-electron chi connectivity index (χ1n) is 8.02. The van der Waals surface area contributed by atoms with E-state index in [0.717, 1.165) is 24.8 Å². The van der Waals surface area contributed by atoms with E-state index >= 15 is 0 Å². The van der Waals surface area contributed by atoms with Crippen LogP contribution in [0.25, 0.3) is 0 Å². The van der Waals surface area contributed by atoms with E-state index in [1.54, 1.807) is 13.0 Å². The number of nitrogens with zero attached hydrogens (tertiary/aromatic N) is 2. The molecule has 1 aliphatic rings. The highest BCUT2D eigenvalue weighted by Crippen LogP contribution is 2.30. The topological polar surface area (TPSA) is 105 Å². The maximum absolute atomic E-state index is 12.4. The minimum absolute atomic E-state index is 0.0444. The fourth-order valence-electron chi connectivity index (χ4n) is 2.87. The summed E-state index contributed by atoms with van der Waals surface area (Å²) in [6.07, 6.45) is 3.15. The molecule has 0 heterocycles. The number of rotatable bonds is 5. The van der Waals surface area contributed by atoms with Gasteiger partial charge < -0.3 is 10.1 Å². The molecule has 1 aromatic carbocycles. The van der Waals surface area contributed by atoms with Crippen molar-refractivity contribution in [2.75, 3.05) is 0 Å². The molecule has 0 radical (unpaired) electrons. The Kier molecular flexibility index (Phi) is 5.39. The van der Waals surface area contributed by atoms with Crippen LogP contribution in [-0.4, -0.2) is 22.5 Å². The number of aryl methyl sites for hydroxylation is 1. The molecule has 1 fully saturated rings. The van der Waals surface area contributed by atoms with E-state index < -0.39 is 22.5 Å². The fourth-order valence-corrected chi connectivity index (χ4v) is 2.87. The zero-order valence-electron chi connectivity index (χ0n) is 13.9. The number of nitrogens with one attached hydrogen (secondary N) is 1. The molecule has 0 aliphatic heterocycles. The van der Waals surface area contributed by atoms with Crippen LogP contribution in [0.1, 0.15) is 44.6 Å². The van der Waals surface area contributed by atoms with Crippen LogP contribution in [0, 0.1) is 28.4 Å². The molecule has 7 nitrogen and oxygen atoms in total. The summed E-state index contributed by atoms with van der Waals surface area (Å²) < 4.78 is 5.49. The van der Waals surface area contributed by atoms with Gasteiger partial charge in [-0.05, 0) is 38.3 Å². The first-order valence-corrected chi connectivity index (χ1v) is 8.02. The molecule has 1 saturated carbocycles. The number of carbonyl (C=O) groups excluding carboxylic acids is 1. The first kappa shape index (κ1) is 17.7. The van der Waals surface area contributed by atoms with Crippen LogP contribution in [0.15, 0.2) is 18.2 Å². The molecule has 2 rings (SSSR count). The van der Waals surface area contributed by atoms with Gasteiger partial charge >= 0.3 is 5.69 Å². The Bertz CT molecular complexity index is 675. The monoisotopic (exact) mass is 331 g/mol. The van der Waals surface area contributed by atoms with Crippen LogP contribution < -0.4 is 10.1 Å². The van der Waals surface area contributed by atoms with Crippen LogP contribution in [0.3, 0.4) is 0 Å². The second-order valence-corrected chi connectivity index (χ2v) is 6.23. The molecule has 0 bridgehead atoms. The molecular formula is C17H21N3O4. The van der Waals surface area contributed by atoms with Crippen LogP contribution in [0.2, 0.25) is 0 Å². The molecule has 1 aromatic rings. The predicted molar refractivity (Wildman–Crippen MR) is 87.5 cm³/mol. The smallest absolute Gasteiger partial charge is 0.311 e. The maximum atomic E-state index is 12.4. The Labute approximate surface area is 140 Å². The number of benzene rings is 1. The van der Waals surface area contributed by atoms with Gasteiger partial charge in [-0.2, -0.15) is 5.26 Å². The standard InChI is InChI=1S/C17H21N3O4/c1-12-6-7-15(14(10-12)20(22)23)24-13(2)16(21)19-17(11-18)8-4-3-5-9-17/h6-7,10,13H,3-5,8-9H2,1-2H3,(H,19,21)/t13-/m0/s1. The fraction of sp³-hybridized carbons (Fsp3) is 0.529. The van der Waals surface area contributed by atoms with Crippen LogP contribution in [0.5, 0.6) is 5.75 Å². The maximum Gasteiger partial charge on any atom is 0.311 e. The van der Waals surface area contributed by atoms with Crippen LogP contribution in [0.4, 0.5) is 5.69 Å². The molecule has 0 saturated heterocycles. The lowest BCUT2D eigenvalue weighted by Crippen LogP contribution is -2.52. The highest BCUT2D eigenvalue weighted by molar-refractivity contribution is 5.82.